The summed E-state index contributed by atoms with van der Waals surface area (Å²) in [4.78, 5) is 11.3. The van der Waals surface area contributed by atoms with Crippen LogP contribution in [0.3, 0.4) is 0 Å². The van der Waals surface area contributed by atoms with Gasteiger partial charge in [-0.2, -0.15) is 0 Å². The molecule has 0 heterocycles. The highest BCUT2D eigenvalue weighted by atomic mass is 35.5. The Labute approximate surface area is 97.9 Å². The average molecular weight is 246 g/mol. The minimum atomic E-state index is -0.819. The molecular weight excluding hydrogens is 233 g/mol. The van der Waals surface area contributed by atoms with Crippen LogP contribution in [-0.4, -0.2) is 19.0 Å². The summed E-state index contributed by atoms with van der Waals surface area (Å²) in [5.74, 6) is -0.820. The van der Waals surface area contributed by atoms with E-state index in [-0.39, 0.29) is 6.42 Å². The van der Waals surface area contributed by atoms with Crippen molar-refractivity contribution < 1.29 is 9.18 Å². The number of carbonyl (C=O) groups excluding carboxylic acids is 1. The lowest BCUT2D eigenvalue weighted by Crippen LogP contribution is -2.46. The normalized spacial score (nSPS) is 12.2. The number of halogens is 2. The third-order valence-corrected chi connectivity index (χ3v) is 2.27. The molecule has 0 bridgehead atoms. The summed E-state index contributed by atoms with van der Waals surface area (Å²) in [7, 11) is 1.55. The van der Waals surface area contributed by atoms with Crippen LogP contribution in [0.2, 0.25) is 5.02 Å². The van der Waals surface area contributed by atoms with E-state index >= 15 is 0 Å². The molecule has 0 aliphatic rings. The Morgan fingerprint density at radius 3 is 2.94 bits per heavy atom. The minimum Gasteiger partial charge on any atom is -0.320 e. The van der Waals surface area contributed by atoms with Crippen LogP contribution in [-0.2, 0) is 11.2 Å². The Kier molecular flexibility index (Phi) is 4.67. The number of hydrogen-bond acceptors (Lipinski definition) is 3. The first kappa shape index (κ1) is 12.9. The van der Waals surface area contributed by atoms with Crippen molar-refractivity contribution in [3.63, 3.8) is 0 Å². The summed E-state index contributed by atoms with van der Waals surface area (Å²) in [6.07, 6.45) is 0.0971. The Hall–Kier alpha value is -1.17. The Morgan fingerprint density at radius 1 is 1.62 bits per heavy atom. The van der Waals surface area contributed by atoms with E-state index in [0.717, 1.165) is 0 Å². The van der Waals surface area contributed by atoms with Gasteiger partial charge in [0.15, 0.2) is 0 Å². The van der Waals surface area contributed by atoms with Gasteiger partial charge in [-0.1, -0.05) is 11.6 Å². The molecule has 1 rings (SSSR count). The number of nitrogens with one attached hydrogen (secondary N) is 2. The molecule has 6 heteroatoms. The third-order valence-electron chi connectivity index (χ3n) is 2.03. The van der Waals surface area contributed by atoms with Gasteiger partial charge in [0.1, 0.15) is 5.82 Å². The molecule has 4 N–H and O–H groups in total. The molecule has 0 aliphatic heterocycles. The van der Waals surface area contributed by atoms with E-state index < -0.39 is 17.8 Å². The maximum absolute atomic E-state index is 13.3. The first-order valence-electron chi connectivity index (χ1n) is 4.70. The first-order valence-corrected chi connectivity index (χ1v) is 5.08. The largest absolute Gasteiger partial charge is 0.320 e. The summed E-state index contributed by atoms with van der Waals surface area (Å²) in [6, 6.07) is 3.34. The van der Waals surface area contributed by atoms with Gasteiger partial charge >= 0.3 is 0 Å². The number of hydrazine groups is 1. The summed E-state index contributed by atoms with van der Waals surface area (Å²) in [6.45, 7) is 0. The maximum Gasteiger partial charge on any atom is 0.251 e. The smallest absolute Gasteiger partial charge is 0.251 e. The summed E-state index contributed by atoms with van der Waals surface area (Å²) in [5.41, 5.74) is 10.7. The quantitative estimate of drug-likeness (QED) is 0.681. The second-order valence-corrected chi connectivity index (χ2v) is 3.72. The van der Waals surface area contributed by atoms with Gasteiger partial charge in [-0.05, 0) is 30.2 Å². The predicted molar refractivity (Wildman–Crippen MR) is 60.3 cm³/mol. The highest BCUT2D eigenvalue weighted by Crippen LogP contribution is 2.15. The number of rotatable bonds is 4. The molecule has 1 aromatic carbocycles. The summed E-state index contributed by atoms with van der Waals surface area (Å²) in [5, 5.41) is 0.414. The third kappa shape index (κ3) is 3.44. The lowest BCUT2D eigenvalue weighted by molar-refractivity contribution is -0.123. The molecule has 0 fully saturated rings. The number of carbonyl (C=O) groups is 1. The Balaban J connectivity index is 2.72. The van der Waals surface area contributed by atoms with E-state index in [4.69, 9.17) is 17.3 Å². The molecule has 0 aliphatic carbocycles. The number of benzene rings is 1. The molecule has 0 spiro atoms. The average Bonchev–Trinajstić information content (AvgIpc) is 2.23. The summed E-state index contributed by atoms with van der Waals surface area (Å²) >= 11 is 5.72. The van der Waals surface area contributed by atoms with Crippen LogP contribution in [0.1, 0.15) is 5.56 Å². The van der Waals surface area contributed by atoms with Gasteiger partial charge in [0.2, 0.25) is 0 Å². The molecule has 1 amide bonds. The zero-order valence-corrected chi connectivity index (χ0v) is 9.51. The van der Waals surface area contributed by atoms with Crippen molar-refractivity contribution in [3.8, 4) is 0 Å². The van der Waals surface area contributed by atoms with Gasteiger partial charge in [0.25, 0.3) is 5.91 Å². The standard InChI is InChI=1S/C10H13ClFN3O/c1-14-15-10(16)9(13)5-6-4-7(11)2-3-8(6)12/h2-4,9,14H,5,13H2,1H3,(H,15,16). The first-order chi connectivity index (χ1) is 7.54. The van der Waals surface area contributed by atoms with Crippen LogP contribution in [0.25, 0.3) is 0 Å². The molecule has 4 nitrogen and oxygen atoms in total. The lowest BCUT2D eigenvalue weighted by atomic mass is 10.1. The van der Waals surface area contributed by atoms with Crippen LogP contribution < -0.4 is 16.6 Å². The van der Waals surface area contributed by atoms with Crippen molar-refractivity contribution in [2.45, 2.75) is 12.5 Å². The molecule has 1 aromatic rings. The molecule has 0 saturated carbocycles. The number of amides is 1. The van der Waals surface area contributed by atoms with Crippen LogP contribution >= 0.6 is 11.6 Å². The molecule has 0 saturated heterocycles. The maximum atomic E-state index is 13.3. The van der Waals surface area contributed by atoms with Gasteiger partial charge in [-0.25, -0.2) is 9.82 Å². The molecule has 16 heavy (non-hydrogen) atoms. The van der Waals surface area contributed by atoms with E-state index in [1.165, 1.54) is 18.2 Å². The van der Waals surface area contributed by atoms with Crippen molar-refractivity contribution in [1.82, 2.24) is 10.9 Å². The molecule has 1 atom stereocenters. The van der Waals surface area contributed by atoms with Gasteiger partial charge < -0.3 is 5.73 Å². The van der Waals surface area contributed by atoms with E-state index in [9.17, 15) is 9.18 Å². The van der Waals surface area contributed by atoms with Gasteiger partial charge in [-0.15, -0.1) is 0 Å². The SMILES string of the molecule is CNNC(=O)C(N)Cc1cc(Cl)ccc1F. The second-order valence-electron chi connectivity index (χ2n) is 3.29. The van der Waals surface area contributed by atoms with Gasteiger partial charge in [0, 0.05) is 12.1 Å². The summed E-state index contributed by atoms with van der Waals surface area (Å²) < 4.78 is 13.3. The zero-order chi connectivity index (χ0) is 12.1. The van der Waals surface area contributed by atoms with Crippen molar-refractivity contribution in [2.75, 3.05) is 7.05 Å². The highest BCUT2D eigenvalue weighted by molar-refractivity contribution is 6.30. The fraction of sp³-hybridized carbons (Fsp3) is 0.300. The van der Waals surface area contributed by atoms with E-state index in [2.05, 4.69) is 10.9 Å². The topological polar surface area (TPSA) is 67.1 Å². The van der Waals surface area contributed by atoms with Crippen LogP contribution in [0.5, 0.6) is 0 Å². The molecular formula is C10H13ClFN3O. The molecule has 0 radical (unpaired) electrons. The fourth-order valence-electron chi connectivity index (χ4n) is 1.25. The van der Waals surface area contributed by atoms with E-state index in [1.807, 2.05) is 0 Å². The fourth-order valence-corrected chi connectivity index (χ4v) is 1.44. The molecule has 0 aromatic heterocycles. The Bertz CT molecular complexity index is 386. The predicted octanol–water partition coefficient (Wildman–Crippen LogP) is 0.600. The van der Waals surface area contributed by atoms with Crippen molar-refractivity contribution in [2.24, 2.45) is 5.73 Å². The monoisotopic (exact) mass is 245 g/mol. The number of hydrogen-bond donors (Lipinski definition) is 3. The number of nitrogens with two attached hydrogens (primary N) is 1. The highest BCUT2D eigenvalue weighted by Gasteiger charge is 2.15. The van der Waals surface area contributed by atoms with Crippen molar-refractivity contribution >= 4 is 17.5 Å². The van der Waals surface area contributed by atoms with Crippen LogP contribution in [0.15, 0.2) is 18.2 Å². The van der Waals surface area contributed by atoms with E-state index in [0.29, 0.717) is 10.6 Å². The second kappa shape index (κ2) is 5.79. The van der Waals surface area contributed by atoms with Gasteiger partial charge in [0.05, 0.1) is 6.04 Å². The lowest BCUT2D eigenvalue weighted by Gasteiger charge is -2.12. The van der Waals surface area contributed by atoms with Gasteiger partial charge in [-0.3, -0.25) is 10.2 Å². The molecule has 88 valence electrons. The van der Waals surface area contributed by atoms with Crippen molar-refractivity contribution in [3.05, 3.63) is 34.6 Å². The Morgan fingerprint density at radius 2 is 2.31 bits per heavy atom. The minimum absolute atomic E-state index is 0.0971. The molecule has 1 unspecified atom stereocenters. The van der Waals surface area contributed by atoms with Crippen LogP contribution in [0.4, 0.5) is 4.39 Å². The van der Waals surface area contributed by atoms with Crippen LogP contribution in [0, 0.1) is 5.82 Å². The van der Waals surface area contributed by atoms with E-state index in [1.54, 1.807) is 7.05 Å². The zero-order valence-electron chi connectivity index (χ0n) is 8.76. The van der Waals surface area contributed by atoms with Crippen molar-refractivity contribution in [1.29, 1.82) is 0 Å².